The molecule has 2 nitrogen and oxygen atoms in total. The van der Waals surface area contributed by atoms with Crippen LogP contribution in [0.5, 0.6) is 0 Å². The van der Waals surface area contributed by atoms with E-state index in [0.717, 1.165) is 5.56 Å². The van der Waals surface area contributed by atoms with Crippen LogP contribution in [-0.4, -0.2) is 5.91 Å². The zero-order valence-electron chi connectivity index (χ0n) is 11.5. The highest BCUT2D eigenvalue weighted by Crippen LogP contribution is 2.60. The van der Waals surface area contributed by atoms with Crippen molar-refractivity contribution in [3.63, 3.8) is 0 Å². The van der Waals surface area contributed by atoms with Crippen molar-refractivity contribution in [3.8, 4) is 0 Å². The molecule has 5 heteroatoms. The van der Waals surface area contributed by atoms with Crippen molar-refractivity contribution in [3.05, 3.63) is 39.4 Å². The first-order chi connectivity index (χ1) is 9.23. The molecule has 1 aliphatic rings. The van der Waals surface area contributed by atoms with Gasteiger partial charge >= 0.3 is 0 Å². The summed E-state index contributed by atoms with van der Waals surface area (Å²) in [6.45, 7) is 5.97. The fraction of sp³-hybridized carbons (Fsp3) is 0.400. The van der Waals surface area contributed by atoms with E-state index in [0.29, 0.717) is 10.7 Å². The Labute approximate surface area is 134 Å². The van der Waals surface area contributed by atoms with Gasteiger partial charge in [-0.3, -0.25) is 4.79 Å². The second-order valence-corrected chi connectivity index (χ2v) is 7.15. The molecule has 2 rings (SSSR count). The van der Waals surface area contributed by atoms with Crippen molar-refractivity contribution in [2.24, 2.45) is 17.3 Å². The van der Waals surface area contributed by atoms with Gasteiger partial charge in [-0.1, -0.05) is 54.7 Å². The molecule has 1 aromatic rings. The van der Waals surface area contributed by atoms with Gasteiger partial charge in [0.15, 0.2) is 0 Å². The van der Waals surface area contributed by atoms with E-state index in [1.165, 1.54) is 0 Å². The van der Waals surface area contributed by atoms with Gasteiger partial charge in [0.05, 0.1) is 5.92 Å². The Morgan fingerprint density at radius 3 is 2.55 bits per heavy atom. The average Bonchev–Trinajstić information content (AvgIpc) is 2.84. The first-order valence-corrected chi connectivity index (χ1v) is 7.46. The molecule has 0 aliphatic heterocycles. The van der Waals surface area contributed by atoms with Crippen LogP contribution in [0.3, 0.4) is 0 Å². The molecule has 0 radical (unpaired) electrons. The molecule has 1 saturated carbocycles. The van der Waals surface area contributed by atoms with E-state index in [9.17, 15) is 4.79 Å². The SMILES string of the molecule is Cc1ccc(NC(=O)[C@H]2[C@H](C=C(Cl)Cl)C2(C)C)cc1Cl. The summed E-state index contributed by atoms with van der Waals surface area (Å²) in [5.74, 6) is -0.103. The van der Waals surface area contributed by atoms with Crippen LogP contribution in [0.1, 0.15) is 19.4 Å². The number of nitrogens with one attached hydrogen (secondary N) is 1. The van der Waals surface area contributed by atoms with E-state index in [1.54, 1.807) is 12.1 Å². The van der Waals surface area contributed by atoms with Crippen LogP contribution in [0.25, 0.3) is 0 Å². The third-order valence-corrected chi connectivity index (χ3v) is 4.60. The van der Waals surface area contributed by atoms with Crippen LogP contribution in [0.15, 0.2) is 28.8 Å². The highest BCUT2D eigenvalue weighted by Gasteiger charge is 2.60. The number of amides is 1. The van der Waals surface area contributed by atoms with Crippen LogP contribution in [0.2, 0.25) is 5.02 Å². The quantitative estimate of drug-likeness (QED) is 0.812. The molecule has 1 N–H and O–H groups in total. The Bertz CT molecular complexity index is 576. The average molecular weight is 333 g/mol. The summed E-state index contributed by atoms with van der Waals surface area (Å²) in [5.41, 5.74) is 1.55. The van der Waals surface area contributed by atoms with Crippen molar-refractivity contribution in [1.29, 1.82) is 0 Å². The molecule has 0 spiro atoms. The maximum atomic E-state index is 12.3. The number of benzene rings is 1. The molecule has 1 fully saturated rings. The van der Waals surface area contributed by atoms with E-state index in [-0.39, 0.29) is 27.6 Å². The number of hydrogen-bond donors (Lipinski definition) is 1. The lowest BCUT2D eigenvalue weighted by molar-refractivity contribution is -0.118. The fourth-order valence-corrected chi connectivity index (χ4v) is 2.97. The molecule has 20 heavy (non-hydrogen) atoms. The lowest BCUT2D eigenvalue weighted by atomic mass is 10.1. The lowest BCUT2D eigenvalue weighted by Gasteiger charge is -2.07. The molecule has 0 aromatic heterocycles. The molecule has 1 aliphatic carbocycles. The molecule has 0 saturated heterocycles. The number of anilines is 1. The Balaban J connectivity index is 2.10. The van der Waals surface area contributed by atoms with E-state index in [1.807, 2.05) is 32.9 Å². The number of allylic oxidation sites excluding steroid dienone is 1. The summed E-state index contributed by atoms with van der Waals surface area (Å²) in [4.78, 5) is 12.3. The van der Waals surface area contributed by atoms with Crippen molar-refractivity contribution in [2.45, 2.75) is 20.8 Å². The van der Waals surface area contributed by atoms with E-state index in [2.05, 4.69) is 5.32 Å². The molecule has 1 aromatic carbocycles. The van der Waals surface area contributed by atoms with Gasteiger partial charge in [-0.15, -0.1) is 0 Å². The predicted octanol–water partition coefficient (Wildman–Crippen LogP) is 5.18. The third kappa shape index (κ3) is 3.13. The monoisotopic (exact) mass is 331 g/mol. The van der Waals surface area contributed by atoms with Gasteiger partial charge in [0, 0.05) is 10.7 Å². The predicted molar refractivity (Wildman–Crippen MR) is 85.4 cm³/mol. The second-order valence-electron chi connectivity index (χ2n) is 5.73. The van der Waals surface area contributed by atoms with Gasteiger partial charge < -0.3 is 5.32 Å². The Morgan fingerprint density at radius 2 is 2.00 bits per heavy atom. The van der Waals surface area contributed by atoms with E-state index >= 15 is 0 Å². The minimum Gasteiger partial charge on any atom is -0.326 e. The van der Waals surface area contributed by atoms with E-state index < -0.39 is 0 Å². The first-order valence-electron chi connectivity index (χ1n) is 6.33. The normalized spacial score (nSPS) is 23.1. The largest absolute Gasteiger partial charge is 0.326 e. The summed E-state index contributed by atoms with van der Waals surface area (Å²) >= 11 is 17.4. The third-order valence-electron chi connectivity index (χ3n) is 3.94. The maximum absolute atomic E-state index is 12.3. The summed E-state index contributed by atoms with van der Waals surface area (Å²) in [6, 6.07) is 5.47. The molecule has 0 bridgehead atoms. The highest BCUT2D eigenvalue weighted by molar-refractivity contribution is 6.55. The Morgan fingerprint density at radius 1 is 1.35 bits per heavy atom. The number of carbonyl (C=O) groups is 1. The first kappa shape index (κ1) is 15.7. The highest BCUT2D eigenvalue weighted by atomic mass is 35.5. The van der Waals surface area contributed by atoms with Gasteiger partial charge in [0.2, 0.25) is 5.91 Å². The standard InChI is InChI=1S/C15H16Cl3NO/c1-8-4-5-9(6-11(8)16)19-14(20)13-10(7-12(17)18)15(13,2)3/h4-7,10,13H,1-3H3,(H,19,20)/t10-,13+/m0/s1. The van der Waals surface area contributed by atoms with Crippen LogP contribution >= 0.6 is 34.8 Å². The molecule has 2 atom stereocenters. The van der Waals surface area contributed by atoms with Gasteiger partial charge in [-0.05, 0) is 42.0 Å². The number of aryl methyl sites for hydroxylation is 1. The number of halogens is 3. The zero-order valence-corrected chi connectivity index (χ0v) is 13.8. The molecule has 1 amide bonds. The van der Waals surface area contributed by atoms with Gasteiger partial charge in [0.25, 0.3) is 0 Å². The van der Waals surface area contributed by atoms with Crippen molar-refractivity contribution >= 4 is 46.4 Å². The Hall–Kier alpha value is -0.700. The van der Waals surface area contributed by atoms with Crippen molar-refractivity contribution in [2.75, 3.05) is 5.32 Å². The minimum absolute atomic E-state index is 0.0363. The van der Waals surface area contributed by atoms with Gasteiger partial charge in [-0.25, -0.2) is 0 Å². The number of carbonyl (C=O) groups excluding carboxylic acids is 1. The van der Waals surface area contributed by atoms with Crippen LogP contribution in [-0.2, 0) is 4.79 Å². The smallest absolute Gasteiger partial charge is 0.228 e. The summed E-state index contributed by atoms with van der Waals surface area (Å²) in [6.07, 6.45) is 1.73. The summed E-state index contributed by atoms with van der Waals surface area (Å²) in [7, 11) is 0. The molecule has 0 heterocycles. The van der Waals surface area contributed by atoms with E-state index in [4.69, 9.17) is 34.8 Å². The number of rotatable bonds is 3. The molecule has 108 valence electrons. The minimum atomic E-state index is -0.131. The van der Waals surface area contributed by atoms with Crippen LogP contribution in [0, 0.1) is 24.2 Å². The van der Waals surface area contributed by atoms with Crippen LogP contribution in [0.4, 0.5) is 5.69 Å². The summed E-state index contributed by atoms with van der Waals surface area (Å²) < 4.78 is 0.205. The maximum Gasteiger partial charge on any atom is 0.228 e. The van der Waals surface area contributed by atoms with Crippen molar-refractivity contribution in [1.82, 2.24) is 0 Å². The van der Waals surface area contributed by atoms with Crippen molar-refractivity contribution < 1.29 is 4.79 Å². The molecular formula is C15H16Cl3NO. The number of hydrogen-bond acceptors (Lipinski definition) is 1. The van der Waals surface area contributed by atoms with Gasteiger partial charge in [-0.2, -0.15) is 0 Å². The lowest BCUT2D eigenvalue weighted by Crippen LogP contribution is -2.16. The summed E-state index contributed by atoms with van der Waals surface area (Å²) in [5, 5.41) is 3.53. The Kier molecular flexibility index (Phi) is 4.38. The topological polar surface area (TPSA) is 29.1 Å². The second kappa shape index (κ2) is 5.59. The van der Waals surface area contributed by atoms with Crippen LogP contribution < -0.4 is 5.32 Å². The van der Waals surface area contributed by atoms with Gasteiger partial charge in [0.1, 0.15) is 4.49 Å². The zero-order chi connectivity index (χ0) is 15.1. The fourth-order valence-electron chi connectivity index (χ4n) is 2.52. The molecule has 0 unspecified atom stereocenters. The molecular weight excluding hydrogens is 317 g/mol.